The van der Waals surface area contributed by atoms with E-state index in [-0.39, 0.29) is 18.2 Å². The number of ether oxygens (including phenoxy) is 2. The number of methoxy groups -OCH3 is 1. The van der Waals surface area contributed by atoms with E-state index in [1.54, 1.807) is 41.2 Å². The molecule has 3 aromatic carbocycles. The molecule has 0 aliphatic carbocycles. The van der Waals surface area contributed by atoms with Crippen LogP contribution in [0.1, 0.15) is 11.1 Å². The minimum atomic E-state index is -1.00. The first-order chi connectivity index (χ1) is 16.1. The van der Waals surface area contributed by atoms with Crippen LogP contribution >= 0.6 is 0 Å². The fourth-order valence-electron chi connectivity index (χ4n) is 4.72. The van der Waals surface area contributed by atoms with Gasteiger partial charge in [-0.25, -0.2) is 9.59 Å². The van der Waals surface area contributed by atoms with Crippen LogP contribution < -0.4 is 10.1 Å². The standard InChI is InChI=1S/C26H25N3O4/c1-32-22-14-12-21(13-15-22)27-24(30)28-16-17-29-23(18-28)26(33-25(29)31,19-8-4-2-5-9-19)20-10-6-3-7-11-20/h2-15,23H,16-18H2,1H3,(H,27,30). The number of nitrogens with one attached hydrogen (secondary N) is 1. The minimum absolute atomic E-state index is 0.214. The molecule has 2 heterocycles. The van der Waals surface area contributed by atoms with Gasteiger partial charge >= 0.3 is 12.1 Å². The van der Waals surface area contributed by atoms with E-state index in [1.807, 2.05) is 60.7 Å². The highest BCUT2D eigenvalue weighted by Crippen LogP contribution is 2.45. The van der Waals surface area contributed by atoms with Gasteiger partial charge in [0, 0.05) is 36.4 Å². The highest BCUT2D eigenvalue weighted by molar-refractivity contribution is 5.89. The van der Waals surface area contributed by atoms with Crippen LogP contribution in [0.5, 0.6) is 5.75 Å². The summed E-state index contributed by atoms with van der Waals surface area (Å²) >= 11 is 0. The lowest BCUT2D eigenvalue weighted by Gasteiger charge is -2.42. The molecule has 1 atom stereocenters. The zero-order valence-corrected chi connectivity index (χ0v) is 18.3. The van der Waals surface area contributed by atoms with Crippen molar-refractivity contribution in [1.82, 2.24) is 9.80 Å². The van der Waals surface area contributed by atoms with Gasteiger partial charge in [0.25, 0.3) is 0 Å². The van der Waals surface area contributed by atoms with Crippen LogP contribution in [0.4, 0.5) is 15.3 Å². The Morgan fingerprint density at radius 1 is 0.939 bits per heavy atom. The number of fused-ring (bicyclic) bond motifs is 1. The lowest BCUT2D eigenvalue weighted by atomic mass is 9.79. The number of carbonyl (C=O) groups is 2. The maximum absolute atomic E-state index is 13.1. The normalized spacial score (nSPS) is 18.9. The Morgan fingerprint density at radius 3 is 2.12 bits per heavy atom. The molecule has 0 radical (unpaired) electrons. The Labute approximate surface area is 192 Å². The Kier molecular flexibility index (Phi) is 5.38. The Hall–Kier alpha value is -4.00. The molecule has 2 fully saturated rings. The Morgan fingerprint density at radius 2 is 1.55 bits per heavy atom. The third kappa shape index (κ3) is 3.65. The summed E-state index contributed by atoms with van der Waals surface area (Å²) in [6.07, 6.45) is -0.358. The van der Waals surface area contributed by atoms with Crippen LogP contribution in [0.25, 0.3) is 0 Å². The molecule has 33 heavy (non-hydrogen) atoms. The number of rotatable bonds is 4. The van der Waals surface area contributed by atoms with E-state index < -0.39 is 5.60 Å². The van der Waals surface area contributed by atoms with Crippen molar-refractivity contribution in [3.63, 3.8) is 0 Å². The molecule has 7 nitrogen and oxygen atoms in total. The summed E-state index contributed by atoms with van der Waals surface area (Å²) in [6, 6.07) is 26.1. The smallest absolute Gasteiger partial charge is 0.411 e. The van der Waals surface area contributed by atoms with Gasteiger partial charge in [-0.05, 0) is 24.3 Å². The minimum Gasteiger partial charge on any atom is -0.497 e. The molecule has 3 amide bonds. The van der Waals surface area contributed by atoms with Gasteiger partial charge in [0.05, 0.1) is 7.11 Å². The molecule has 5 rings (SSSR count). The number of cyclic esters (lactones) is 1. The summed E-state index contributed by atoms with van der Waals surface area (Å²) in [5.41, 5.74) is 1.45. The number of urea groups is 1. The summed E-state index contributed by atoms with van der Waals surface area (Å²) < 4.78 is 11.3. The molecule has 2 saturated heterocycles. The molecular formula is C26H25N3O4. The van der Waals surface area contributed by atoms with Crippen molar-refractivity contribution < 1.29 is 19.1 Å². The SMILES string of the molecule is COc1ccc(NC(=O)N2CCN3C(=O)OC(c4ccccc4)(c4ccccc4)C3C2)cc1. The Bertz CT molecular complexity index is 1100. The third-order valence-electron chi connectivity index (χ3n) is 6.37. The van der Waals surface area contributed by atoms with Crippen LogP contribution in [-0.4, -0.2) is 54.7 Å². The van der Waals surface area contributed by atoms with Gasteiger partial charge in [0.1, 0.15) is 11.8 Å². The number of carbonyl (C=O) groups excluding carboxylic acids is 2. The lowest BCUT2D eigenvalue weighted by Crippen LogP contribution is -2.59. The summed E-state index contributed by atoms with van der Waals surface area (Å²) in [6.45, 7) is 1.17. The predicted octanol–water partition coefficient (Wildman–Crippen LogP) is 4.31. The van der Waals surface area contributed by atoms with Gasteiger partial charge in [0.15, 0.2) is 5.60 Å². The lowest BCUT2D eigenvalue weighted by molar-refractivity contribution is 0.0525. The molecular weight excluding hydrogens is 418 g/mol. The first-order valence-electron chi connectivity index (χ1n) is 10.9. The van der Waals surface area contributed by atoms with Crippen molar-refractivity contribution in [3.05, 3.63) is 96.1 Å². The monoisotopic (exact) mass is 443 g/mol. The number of nitrogens with zero attached hydrogens (tertiary/aromatic N) is 2. The molecule has 0 aromatic heterocycles. The van der Waals surface area contributed by atoms with Gasteiger partial charge in [-0.15, -0.1) is 0 Å². The zero-order valence-electron chi connectivity index (χ0n) is 18.3. The summed E-state index contributed by atoms with van der Waals surface area (Å²) in [5, 5.41) is 2.95. The molecule has 3 aromatic rings. The number of piperazine rings is 1. The third-order valence-corrected chi connectivity index (χ3v) is 6.37. The maximum Gasteiger partial charge on any atom is 0.411 e. The zero-order chi connectivity index (χ0) is 22.8. The van der Waals surface area contributed by atoms with Crippen molar-refractivity contribution in [2.75, 3.05) is 32.1 Å². The summed E-state index contributed by atoms with van der Waals surface area (Å²) in [5.74, 6) is 0.721. The molecule has 2 aliphatic heterocycles. The van der Waals surface area contributed by atoms with Gasteiger partial charge in [0.2, 0.25) is 0 Å². The van der Waals surface area contributed by atoms with E-state index in [4.69, 9.17) is 9.47 Å². The molecule has 0 spiro atoms. The average Bonchev–Trinajstić information content (AvgIpc) is 3.18. The second-order valence-corrected chi connectivity index (χ2v) is 8.15. The van der Waals surface area contributed by atoms with E-state index in [0.29, 0.717) is 25.3 Å². The van der Waals surface area contributed by atoms with Crippen LogP contribution in [0, 0.1) is 0 Å². The number of hydrogen-bond donors (Lipinski definition) is 1. The molecule has 1 N–H and O–H groups in total. The average molecular weight is 444 g/mol. The van der Waals surface area contributed by atoms with Gasteiger partial charge in [-0.2, -0.15) is 0 Å². The molecule has 0 saturated carbocycles. The second kappa shape index (κ2) is 8.50. The maximum atomic E-state index is 13.1. The van der Waals surface area contributed by atoms with E-state index in [2.05, 4.69) is 5.32 Å². The fourth-order valence-corrected chi connectivity index (χ4v) is 4.72. The van der Waals surface area contributed by atoms with E-state index in [1.165, 1.54) is 0 Å². The number of amides is 3. The van der Waals surface area contributed by atoms with Crippen molar-refractivity contribution in [1.29, 1.82) is 0 Å². The van der Waals surface area contributed by atoms with E-state index >= 15 is 0 Å². The van der Waals surface area contributed by atoms with Crippen LogP contribution in [0.3, 0.4) is 0 Å². The van der Waals surface area contributed by atoms with Crippen LogP contribution in [-0.2, 0) is 10.3 Å². The first-order valence-corrected chi connectivity index (χ1v) is 10.9. The topological polar surface area (TPSA) is 71.1 Å². The molecule has 0 bridgehead atoms. The highest BCUT2D eigenvalue weighted by Gasteiger charge is 2.58. The van der Waals surface area contributed by atoms with Crippen LogP contribution in [0.15, 0.2) is 84.9 Å². The number of anilines is 1. The quantitative estimate of drug-likeness (QED) is 0.652. The van der Waals surface area contributed by atoms with E-state index in [0.717, 1.165) is 16.9 Å². The largest absolute Gasteiger partial charge is 0.497 e. The highest BCUT2D eigenvalue weighted by atomic mass is 16.6. The molecule has 7 heteroatoms. The first kappa shape index (κ1) is 20.9. The fraction of sp³-hybridized carbons (Fsp3) is 0.231. The molecule has 2 aliphatic rings. The van der Waals surface area contributed by atoms with Crippen molar-refractivity contribution >= 4 is 17.8 Å². The Balaban J connectivity index is 1.46. The molecule has 1 unspecified atom stereocenters. The molecule has 168 valence electrons. The second-order valence-electron chi connectivity index (χ2n) is 8.15. The predicted molar refractivity (Wildman–Crippen MR) is 124 cm³/mol. The van der Waals surface area contributed by atoms with Crippen LogP contribution in [0.2, 0.25) is 0 Å². The van der Waals surface area contributed by atoms with Crippen molar-refractivity contribution in [3.8, 4) is 5.75 Å². The van der Waals surface area contributed by atoms with Crippen molar-refractivity contribution in [2.45, 2.75) is 11.6 Å². The van der Waals surface area contributed by atoms with Gasteiger partial charge in [-0.1, -0.05) is 60.7 Å². The number of benzene rings is 3. The number of hydrogen-bond acceptors (Lipinski definition) is 4. The summed E-state index contributed by atoms with van der Waals surface area (Å²) in [4.78, 5) is 29.6. The van der Waals surface area contributed by atoms with E-state index in [9.17, 15) is 9.59 Å². The van der Waals surface area contributed by atoms with Gasteiger partial charge < -0.3 is 19.7 Å². The summed E-state index contributed by atoms with van der Waals surface area (Å²) in [7, 11) is 1.60. The van der Waals surface area contributed by atoms with Crippen molar-refractivity contribution in [2.24, 2.45) is 0 Å². The van der Waals surface area contributed by atoms with Gasteiger partial charge in [-0.3, -0.25) is 4.90 Å².